The molecule has 2 aromatic heterocycles. The highest BCUT2D eigenvalue weighted by atomic mass is 19.4. The van der Waals surface area contributed by atoms with Crippen LogP contribution in [-0.2, 0) is 17.6 Å². The van der Waals surface area contributed by atoms with Gasteiger partial charge >= 0.3 is 12.1 Å². The molecule has 0 radical (unpaired) electrons. The zero-order chi connectivity index (χ0) is 30.6. The van der Waals surface area contributed by atoms with Gasteiger partial charge in [-0.05, 0) is 88.8 Å². The lowest BCUT2D eigenvalue weighted by atomic mass is 9.82. The van der Waals surface area contributed by atoms with E-state index < -0.39 is 23.6 Å². The highest BCUT2D eigenvalue weighted by Gasteiger charge is 2.37. The number of carboxylic acid groups (broad SMARTS) is 1. The summed E-state index contributed by atoms with van der Waals surface area (Å²) in [4.78, 5) is 35.2. The Kier molecular flexibility index (Phi) is 9.38. The largest absolute Gasteiger partial charge is 0.487 e. The highest BCUT2D eigenvalue weighted by molar-refractivity contribution is 6.03. The Hall–Kier alpha value is -4.15. The van der Waals surface area contributed by atoms with Crippen LogP contribution in [0.3, 0.4) is 0 Å². The SMILES string of the molecule is Cc1ccc(OCc2cnc(Oc3ccc(N(C(=O)C4CCC(C)CC4)C(C)C)c(C(=O)O)c3)c(C(F)(F)F)c2)cn1. The monoisotopic (exact) mass is 585 g/mol. The van der Waals surface area contributed by atoms with Crippen molar-refractivity contribution in [3.05, 3.63) is 71.2 Å². The highest BCUT2D eigenvalue weighted by Crippen LogP contribution is 2.39. The van der Waals surface area contributed by atoms with Gasteiger partial charge in [0.05, 0.1) is 17.4 Å². The summed E-state index contributed by atoms with van der Waals surface area (Å²) in [5, 5.41) is 9.99. The van der Waals surface area contributed by atoms with E-state index in [2.05, 4.69) is 16.9 Å². The molecule has 2 heterocycles. The van der Waals surface area contributed by atoms with E-state index in [1.165, 1.54) is 29.4 Å². The van der Waals surface area contributed by atoms with E-state index in [1.807, 2.05) is 0 Å². The lowest BCUT2D eigenvalue weighted by Gasteiger charge is -2.34. The molecule has 1 saturated carbocycles. The zero-order valence-electron chi connectivity index (χ0n) is 23.9. The summed E-state index contributed by atoms with van der Waals surface area (Å²) in [7, 11) is 0. The quantitative estimate of drug-likeness (QED) is 0.278. The summed E-state index contributed by atoms with van der Waals surface area (Å²) in [5.41, 5.74) is -0.317. The van der Waals surface area contributed by atoms with Gasteiger partial charge in [-0.1, -0.05) is 6.92 Å². The molecule has 8 nitrogen and oxygen atoms in total. The molecule has 3 aromatic rings. The number of benzene rings is 1. The van der Waals surface area contributed by atoms with Crippen LogP contribution in [0.25, 0.3) is 0 Å². The summed E-state index contributed by atoms with van der Waals surface area (Å²) in [5.74, 6) is -1.68. The fourth-order valence-corrected chi connectivity index (χ4v) is 4.99. The number of hydrogen-bond acceptors (Lipinski definition) is 6. The third kappa shape index (κ3) is 7.37. The van der Waals surface area contributed by atoms with Gasteiger partial charge in [0, 0.05) is 29.4 Å². The van der Waals surface area contributed by atoms with Crippen LogP contribution in [0.2, 0.25) is 0 Å². The van der Waals surface area contributed by atoms with E-state index in [1.54, 1.807) is 32.9 Å². The zero-order valence-corrected chi connectivity index (χ0v) is 23.9. The average Bonchev–Trinajstić information content (AvgIpc) is 2.93. The predicted molar refractivity (Wildman–Crippen MR) is 150 cm³/mol. The first-order valence-corrected chi connectivity index (χ1v) is 13.8. The number of nitrogens with zero attached hydrogens (tertiary/aromatic N) is 3. The van der Waals surface area contributed by atoms with E-state index in [4.69, 9.17) is 9.47 Å². The molecule has 4 rings (SSSR count). The summed E-state index contributed by atoms with van der Waals surface area (Å²) < 4.78 is 53.0. The first kappa shape index (κ1) is 30.8. The van der Waals surface area contributed by atoms with Gasteiger partial charge in [-0.15, -0.1) is 0 Å². The maximum Gasteiger partial charge on any atom is 0.421 e. The maximum absolute atomic E-state index is 14.0. The summed E-state index contributed by atoms with van der Waals surface area (Å²) in [6.45, 7) is 7.34. The van der Waals surface area contributed by atoms with E-state index in [-0.39, 0.29) is 47.0 Å². The van der Waals surface area contributed by atoms with E-state index in [0.717, 1.165) is 43.5 Å². The molecule has 11 heteroatoms. The molecule has 224 valence electrons. The van der Waals surface area contributed by atoms with Crippen molar-refractivity contribution in [1.82, 2.24) is 9.97 Å². The minimum Gasteiger partial charge on any atom is -0.487 e. The number of carboxylic acids is 1. The van der Waals surface area contributed by atoms with E-state index >= 15 is 0 Å². The lowest BCUT2D eigenvalue weighted by Crippen LogP contribution is -2.42. The number of hydrogen-bond donors (Lipinski definition) is 1. The van der Waals surface area contributed by atoms with Gasteiger partial charge in [-0.25, -0.2) is 9.78 Å². The molecular formula is C31H34F3N3O5. The summed E-state index contributed by atoms with van der Waals surface area (Å²) >= 11 is 0. The smallest absolute Gasteiger partial charge is 0.421 e. The number of rotatable bonds is 9. The van der Waals surface area contributed by atoms with Crippen LogP contribution in [0.4, 0.5) is 18.9 Å². The Morgan fingerprint density at radius 3 is 2.31 bits per heavy atom. The summed E-state index contributed by atoms with van der Waals surface area (Å²) in [6.07, 6.45) is 1.15. The number of alkyl halides is 3. The molecule has 1 amide bonds. The molecule has 1 aromatic carbocycles. The first-order valence-electron chi connectivity index (χ1n) is 13.8. The van der Waals surface area contributed by atoms with Crippen LogP contribution in [0, 0.1) is 18.8 Å². The Balaban J connectivity index is 1.60. The molecule has 42 heavy (non-hydrogen) atoms. The number of pyridine rings is 2. The second-order valence-electron chi connectivity index (χ2n) is 11.0. The van der Waals surface area contributed by atoms with Crippen molar-refractivity contribution in [3.63, 3.8) is 0 Å². The van der Waals surface area contributed by atoms with E-state index in [0.29, 0.717) is 11.7 Å². The number of aromatic carboxylic acids is 1. The number of carbonyl (C=O) groups excluding carboxylic acids is 1. The number of ether oxygens (including phenoxy) is 2. The molecule has 1 fully saturated rings. The van der Waals surface area contributed by atoms with Crippen molar-refractivity contribution in [1.29, 1.82) is 0 Å². The van der Waals surface area contributed by atoms with Crippen LogP contribution >= 0.6 is 0 Å². The first-order chi connectivity index (χ1) is 19.8. The molecule has 1 N–H and O–H groups in total. The second kappa shape index (κ2) is 12.8. The van der Waals surface area contributed by atoms with Crippen molar-refractivity contribution in [2.45, 2.75) is 72.2 Å². The summed E-state index contributed by atoms with van der Waals surface area (Å²) in [6, 6.07) is 7.77. The fourth-order valence-electron chi connectivity index (χ4n) is 4.99. The van der Waals surface area contributed by atoms with Crippen LogP contribution in [0.5, 0.6) is 17.4 Å². The molecule has 0 bridgehead atoms. The minimum absolute atomic E-state index is 0.153. The van der Waals surface area contributed by atoms with Crippen LogP contribution in [0.15, 0.2) is 48.8 Å². The van der Waals surface area contributed by atoms with Gasteiger partial charge in [-0.2, -0.15) is 13.2 Å². The van der Waals surface area contributed by atoms with Gasteiger partial charge in [0.1, 0.15) is 23.7 Å². The third-order valence-corrected chi connectivity index (χ3v) is 7.29. The Morgan fingerprint density at radius 2 is 1.71 bits per heavy atom. The molecular weight excluding hydrogens is 551 g/mol. The number of aromatic nitrogens is 2. The Bertz CT molecular complexity index is 1420. The van der Waals surface area contributed by atoms with Crippen molar-refractivity contribution in [2.24, 2.45) is 11.8 Å². The van der Waals surface area contributed by atoms with Crippen molar-refractivity contribution >= 4 is 17.6 Å². The maximum atomic E-state index is 14.0. The third-order valence-electron chi connectivity index (χ3n) is 7.29. The van der Waals surface area contributed by atoms with Crippen molar-refractivity contribution < 1.29 is 37.3 Å². The van der Waals surface area contributed by atoms with Gasteiger partial charge < -0.3 is 19.5 Å². The molecule has 0 unspecified atom stereocenters. The molecule has 0 saturated heterocycles. The number of amides is 1. The van der Waals surface area contributed by atoms with Crippen LogP contribution in [0.1, 0.15) is 73.6 Å². The van der Waals surface area contributed by atoms with Crippen molar-refractivity contribution in [2.75, 3.05) is 4.90 Å². The van der Waals surface area contributed by atoms with Gasteiger partial charge in [0.2, 0.25) is 11.8 Å². The molecule has 1 aliphatic rings. The van der Waals surface area contributed by atoms with Crippen molar-refractivity contribution in [3.8, 4) is 17.4 Å². The normalized spacial score (nSPS) is 17.1. The topological polar surface area (TPSA) is 102 Å². The minimum atomic E-state index is -4.81. The fraction of sp³-hybridized carbons (Fsp3) is 0.419. The van der Waals surface area contributed by atoms with Gasteiger partial charge in [-0.3, -0.25) is 9.78 Å². The number of carbonyl (C=O) groups is 2. The number of aryl methyl sites for hydroxylation is 1. The van der Waals surface area contributed by atoms with Crippen LogP contribution < -0.4 is 14.4 Å². The standard InChI is InChI=1S/C31H34F3N3O5/c1-18(2)37(29(38)22-8-5-19(3)6-9-22)27-12-11-23(14-25(27)30(39)40)42-28-26(31(32,33)34)13-21(15-36-28)17-41-24-10-7-20(4)35-16-24/h7,10-16,18-19,22H,5-6,8-9,17H2,1-4H3,(H,39,40). The molecule has 0 aliphatic heterocycles. The second-order valence-corrected chi connectivity index (χ2v) is 11.0. The molecule has 0 spiro atoms. The van der Waals surface area contributed by atoms with Gasteiger partial charge in [0.15, 0.2) is 0 Å². The Morgan fingerprint density at radius 1 is 1.02 bits per heavy atom. The van der Waals surface area contributed by atoms with Crippen LogP contribution in [-0.4, -0.2) is 33.0 Å². The average molecular weight is 586 g/mol. The van der Waals surface area contributed by atoms with Gasteiger partial charge in [0.25, 0.3) is 0 Å². The predicted octanol–water partition coefficient (Wildman–Crippen LogP) is 7.44. The lowest BCUT2D eigenvalue weighted by molar-refractivity contribution is -0.139. The van der Waals surface area contributed by atoms with E-state index in [9.17, 15) is 27.9 Å². The Labute approximate surface area is 242 Å². The molecule has 0 atom stereocenters. The number of anilines is 1. The molecule has 1 aliphatic carbocycles. The number of halogens is 3.